The Hall–Kier alpha value is -1.41. The van der Waals surface area contributed by atoms with Gasteiger partial charge in [-0.3, -0.25) is 4.79 Å². The summed E-state index contributed by atoms with van der Waals surface area (Å²) < 4.78 is 13.6. The molecule has 0 bridgehead atoms. The molecular formula is C15H7BrCl2FNO. The Bertz CT molecular complexity index is 758. The van der Waals surface area contributed by atoms with E-state index in [-0.39, 0.29) is 10.6 Å². The summed E-state index contributed by atoms with van der Waals surface area (Å²) in [5.41, 5.74) is 0.582. The van der Waals surface area contributed by atoms with Crippen molar-refractivity contribution in [3.05, 3.63) is 67.9 Å². The van der Waals surface area contributed by atoms with Crippen LogP contribution in [0.15, 0.2) is 40.9 Å². The number of Topliss-reactive ketones (excluding diaryl/α,β-unsaturated/α-hetero) is 1. The molecule has 0 aliphatic heterocycles. The Morgan fingerprint density at radius 1 is 1.24 bits per heavy atom. The zero-order valence-electron chi connectivity index (χ0n) is 10.4. The van der Waals surface area contributed by atoms with Crippen LogP contribution in [0.3, 0.4) is 0 Å². The maximum atomic E-state index is 13.1. The first-order valence-corrected chi connectivity index (χ1v) is 7.32. The van der Waals surface area contributed by atoms with Gasteiger partial charge < -0.3 is 0 Å². The van der Waals surface area contributed by atoms with Crippen molar-refractivity contribution in [1.29, 1.82) is 5.26 Å². The Labute approximate surface area is 139 Å². The van der Waals surface area contributed by atoms with E-state index in [4.69, 9.17) is 23.2 Å². The van der Waals surface area contributed by atoms with Crippen LogP contribution in [0.5, 0.6) is 0 Å². The first kappa shape index (κ1) is 16.0. The van der Waals surface area contributed by atoms with Gasteiger partial charge in [-0.1, -0.05) is 29.3 Å². The van der Waals surface area contributed by atoms with Gasteiger partial charge in [0.1, 0.15) is 11.7 Å². The van der Waals surface area contributed by atoms with E-state index in [1.807, 2.05) is 6.07 Å². The molecule has 0 saturated carbocycles. The number of ketones is 1. The molecule has 0 spiro atoms. The molecule has 2 aromatic rings. The van der Waals surface area contributed by atoms with Crippen molar-refractivity contribution in [1.82, 2.24) is 0 Å². The van der Waals surface area contributed by atoms with Crippen molar-refractivity contribution in [2.24, 2.45) is 0 Å². The second-order valence-corrected chi connectivity index (χ2v) is 5.91. The lowest BCUT2D eigenvalue weighted by atomic mass is 9.92. The molecular weight excluding hydrogens is 380 g/mol. The second-order valence-electron chi connectivity index (χ2n) is 4.22. The van der Waals surface area contributed by atoms with Gasteiger partial charge in [0.15, 0.2) is 5.78 Å². The molecule has 1 atom stereocenters. The molecule has 0 amide bonds. The lowest BCUT2D eigenvalue weighted by Gasteiger charge is -2.12. The molecule has 2 nitrogen and oxygen atoms in total. The van der Waals surface area contributed by atoms with E-state index >= 15 is 0 Å². The first-order chi connectivity index (χ1) is 9.93. The molecule has 0 radical (unpaired) electrons. The summed E-state index contributed by atoms with van der Waals surface area (Å²) in [5.74, 6) is -2.08. The maximum absolute atomic E-state index is 13.1. The Balaban J connectivity index is 2.46. The van der Waals surface area contributed by atoms with Crippen molar-refractivity contribution in [2.45, 2.75) is 5.92 Å². The van der Waals surface area contributed by atoms with Crippen LogP contribution in [0.2, 0.25) is 10.0 Å². The van der Waals surface area contributed by atoms with Crippen molar-refractivity contribution in [3.8, 4) is 6.07 Å². The molecule has 0 saturated heterocycles. The highest BCUT2D eigenvalue weighted by Crippen LogP contribution is 2.31. The predicted octanol–water partition coefficient (Wildman–Crippen LogP) is 5.39. The number of rotatable bonds is 3. The third-order valence-electron chi connectivity index (χ3n) is 2.86. The molecule has 6 heteroatoms. The summed E-state index contributed by atoms with van der Waals surface area (Å²) in [6.07, 6.45) is 0. The van der Waals surface area contributed by atoms with E-state index in [1.54, 1.807) is 12.1 Å². The summed E-state index contributed by atoms with van der Waals surface area (Å²) in [7, 11) is 0. The normalized spacial score (nSPS) is 11.8. The van der Waals surface area contributed by atoms with Gasteiger partial charge in [0.2, 0.25) is 0 Å². The van der Waals surface area contributed by atoms with Crippen molar-refractivity contribution >= 4 is 44.9 Å². The van der Waals surface area contributed by atoms with Gasteiger partial charge in [0.25, 0.3) is 0 Å². The number of nitrogens with zero attached hydrogens (tertiary/aromatic N) is 1. The summed E-state index contributed by atoms with van der Waals surface area (Å²) in [6, 6.07) is 10.1. The minimum absolute atomic E-state index is 0.0417. The average Bonchev–Trinajstić information content (AvgIpc) is 2.41. The zero-order chi connectivity index (χ0) is 15.6. The molecule has 21 heavy (non-hydrogen) atoms. The second kappa shape index (κ2) is 6.57. The Kier molecular flexibility index (Phi) is 5.00. The fraction of sp³-hybridized carbons (Fsp3) is 0.0667. The van der Waals surface area contributed by atoms with Crippen LogP contribution in [-0.2, 0) is 0 Å². The minimum atomic E-state index is -1.12. The van der Waals surface area contributed by atoms with Gasteiger partial charge in [0.05, 0.1) is 6.07 Å². The van der Waals surface area contributed by atoms with Crippen LogP contribution >= 0.6 is 39.1 Å². The van der Waals surface area contributed by atoms with Gasteiger partial charge in [-0.2, -0.15) is 5.26 Å². The van der Waals surface area contributed by atoms with Gasteiger partial charge in [0, 0.05) is 20.1 Å². The SMILES string of the molecule is N#CC(C(=O)c1ccc(Cl)cc1Br)c1ccc(F)cc1Cl. The molecule has 2 aromatic carbocycles. The number of nitriles is 1. The number of hydrogen-bond donors (Lipinski definition) is 0. The zero-order valence-corrected chi connectivity index (χ0v) is 13.5. The molecule has 0 N–H and O–H groups in total. The maximum Gasteiger partial charge on any atom is 0.185 e. The van der Waals surface area contributed by atoms with Gasteiger partial charge in [-0.25, -0.2) is 4.39 Å². The lowest BCUT2D eigenvalue weighted by molar-refractivity contribution is 0.0978. The highest BCUT2D eigenvalue weighted by atomic mass is 79.9. The van der Waals surface area contributed by atoms with Gasteiger partial charge in [-0.15, -0.1) is 0 Å². The highest BCUT2D eigenvalue weighted by Gasteiger charge is 2.25. The van der Waals surface area contributed by atoms with E-state index in [1.165, 1.54) is 12.1 Å². The fourth-order valence-corrected chi connectivity index (χ4v) is 3.00. The van der Waals surface area contributed by atoms with E-state index in [0.29, 0.717) is 15.1 Å². The average molecular weight is 387 g/mol. The summed E-state index contributed by atoms with van der Waals surface area (Å²) in [6.45, 7) is 0. The number of halogens is 4. The fourth-order valence-electron chi connectivity index (χ4n) is 1.85. The Morgan fingerprint density at radius 3 is 2.52 bits per heavy atom. The van der Waals surface area contributed by atoms with Crippen LogP contribution in [0.25, 0.3) is 0 Å². The number of hydrogen-bond acceptors (Lipinski definition) is 2. The molecule has 0 aromatic heterocycles. The summed E-state index contributed by atoms with van der Waals surface area (Å²) >= 11 is 15.0. The van der Waals surface area contributed by atoms with Gasteiger partial charge in [-0.05, 0) is 51.8 Å². The number of carbonyl (C=O) groups excluding carboxylic acids is 1. The summed E-state index contributed by atoms with van der Waals surface area (Å²) in [5, 5.41) is 9.79. The summed E-state index contributed by atoms with van der Waals surface area (Å²) in [4.78, 5) is 12.5. The van der Waals surface area contributed by atoms with Crippen LogP contribution < -0.4 is 0 Å². The highest BCUT2D eigenvalue weighted by molar-refractivity contribution is 9.10. The smallest absolute Gasteiger partial charge is 0.185 e. The van der Waals surface area contributed by atoms with Crippen LogP contribution in [0, 0.1) is 17.1 Å². The van der Waals surface area contributed by atoms with E-state index in [2.05, 4.69) is 15.9 Å². The van der Waals surface area contributed by atoms with E-state index < -0.39 is 17.5 Å². The number of carbonyl (C=O) groups is 1. The monoisotopic (exact) mass is 385 g/mol. The number of benzene rings is 2. The first-order valence-electron chi connectivity index (χ1n) is 5.78. The standard InChI is InChI=1S/C15H7BrCl2FNO/c16-13-5-8(17)1-3-11(13)15(21)12(7-20)10-4-2-9(19)6-14(10)18/h1-6,12H. The van der Waals surface area contributed by atoms with Crippen LogP contribution in [-0.4, -0.2) is 5.78 Å². The lowest BCUT2D eigenvalue weighted by Crippen LogP contribution is -2.12. The molecule has 0 heterocycles. The third-order valence-corrected chi connectivity index (χ3v) is 4.08. The predicted molar refractivity (Wildman–Crippen MR) is 83.2 cm³/mol. The van der Waals surface area contributed by atoms with Crippen LogP contribution in [0.1, 0.15) is 21.8 Å². The molecule has 1 unspecified atom stereocenters. The quantitative estimate of drug-likeness (QED) is 0.664. The molecule has 0 fully saturated rings. The van der Waals surface area contributed by atoms with Crippen molar-refractivity contribution in [3.63, 3.8) is 0 Å². The molecule has 0 aliphatic rings. The van der Waals surface area contributed by atoms with Gasteiger partial charge >= 0.3 is 0 Å². The Morgan fingerprint density at radius 2 is 1.95 bits per heavy atom. The third kappa shape index (κ3) is 3.44. The minimum Gasteiger partial charge on any atom is -0.292 e. The van der Waals surface area contributed by atoms with E-state index in [9.17, 15) is 14.4 Å². The molecule has 2 rings (SSSR count). The van der Waals surface area contributed by atoms with E-state index in [0.717, 1.165) is 12.1 Å². The van der Waals surface area contributed by atoms with Crippen molar-refractivity contribution in [2.75, 3.05) is 0 Å². The van der Waals surface area contributed by atoms with Crippen LogP contribution in [0.4, 0.5) is 4.39 Å². The molecule has 0 aliphatic carbocycles. The topological polar surface area (TPSA) is 40.9 Å². The largest absolute Gasteiger partial charge is 0.292 e. The molecule has 106 valence electrons. The van der Waals surface area contributed by atoms with Crippen molar-refractivity contribution < 1.29 is 9.18 Å².